The Bertz CT molecular complexity index is 1300. The molecular formula is C26H18BrFN2O2. The molecule has 0 aliphatic carbocycles. The van der Waals surface area contributed by atoms with Gasteiger partial charge in [0.2, 0.25) is 0 Å². The molecule has 0 spiro atoms. The smallest absolute Gasteiger partial charge is 0.334 e. The first kappa shape index (κ1) is 20.4. The van der Waals surface area contributed by atoms with E-state index >= 15 is 0 Å². The highest BCUT2D eigenvalue weighted by Crippen LogP contribution is 2.45. The molecule has 1 aromatic heterocycles. The van der Waals surface area contributed by atoms with Crippen molar-refractivity contribution in [1.82, 2.24) is 9.78 Å². The number of ether oxygens (including phenoxy) is 1. The van der Waals surface area contributed by atoms with Crippen LogP contribution in [0.4, 0.5) is 4.39 Å². The molecule has 1 saturated heterocycles. The molecule has 0 N–H and O–H groups in total. The van der Waals surface area contributed by atoms with Gasteiger partial charge in [-0.05, 0) is 60.2 Å². The topological polar surface area (TPSA) is 44.1 Å². The lowest BCUT2D eigenvalue weighted by Gasteiger charge is -2.16. The van der Waals surface area contributed by atoms with Crippen LogP contribution in [0.2, 0.25) is 0 Å². The Kier molecular flexibility index (Phi) is 5.23. The van der Waals surface area contributed by atoms with Gasteiger partial charge in [0.05, 0.1) is 17.3 Å². The van der Waals surface area contributed by atoms with Crippen LogP contribution in [0.1, 0.15) is 23.3 Å². The van der Waals surface area contributed by atoms with Crippen LogP contribution in [-0.4, -0.2) is 15.7 Å². The number of benzene rings is 3. The third-order valence-corrected chi connectivity index (χ3v) is 6.09. The van der Waals surface area contributed by atoms with Gasteiger partial charge in [-0.25, -0.2) is 13.9 Å². The number of rotatable bonds is 4. The number of hydrogen-bond donors (Lipinski definition) is 0. The fourth-order valence-corrected chi connectivity index (χ4v) is 4.24. The van der Waals surface area contributed by atoms with Gasteiger partial charge in [0.1, 0.15) is 11.5 Å². The first-order valence-corrected chi connectivity index (χ1v) is 10.9. The normalized spacial score (nSPS) is 18.1. The maximum absolute atomic E-state index is 13.5. The molecule has 0 bridgehead atoms. The van der Waals surface area contributed by atoms with Crippen molar-refractivity contribution in [3.05, 3.63) is 119 Å². The van der Waals surface area contributed by atoms with E-state index in [-0.39, 0.29) is 11.7 Å². The molecule has 1 fully saturated rings. The van der Waals surface area contributed by atoms with Gasteiger partial charge < -0.3 is 4.74 Å². The molecule has 1 aliphatic rings. The van der Waals surface area contributed by atoms with E-state index in [1.165, 1.54) is 12.1 Å². The van der Waals surface area contributed by atoms with Gasteiger partial charge in [-0.3, -0.25) is 0 Å². The zero-order valence-electron chi connectivity index (χ0n) is 16.9. The van der Waals surface area contributed by atoms with Gasteiger partial charge >= 0.3 is 5.97 Å². The molecule has 4 nitrogen and oxygen atoms in total. The Labute approximate surface area is 193 Å². The highest BCUT2D eigenvalue weighted by atomic mass is 79.9. The minimum Gasteiger partial charge on any atom is -0.451 e. The van der Waals surface area contributed by atoms with E-state index in [4.69, 9.17) is 9.84 Å². The molecule has 0 amide bonds. The Balaban J connectivity index is 1.64. The van der Waals surface area contributed by atoms with E-state index in [1.807, 2.05) is 60.7 Å². The van der Waals surface area contributed by atoms with Crippen molar-refractivity contribution in [2.24, 2.45) is 0 Å². The number of hydrogen-bond acceptors (Lipinski definition) is 3. The second-order valence-corrected chi connectivity index (χ2v) is 8.50. The van der Waals surface area contributed by atoms with Crippen molar-refractivity contribution in [2.45, 2.75) is 12.0 Å². The highest BCUT2D eigenvalue weighted by Gasteiger charge is 2.42. The summed E-state index contributed by atoms with van der Waals surface area (Å²) < 4.78 is 22.0. The van der Waals surface area contributed by atoms with Crippen LogP contribution in [-0.2, 0) is 9.53 Å². The van der Waals surface area contributed by atoms with Crippen LogP contribution in [0.25, 0.3) is 16.9 Å². The van der Waals surface area contributed by atoms with Crippen LogP contribution in [0, 0.1) is 5.82 Å². The summed E-state index contributed by atoms with van der Waals surface area (Å²) in [6.07, 6.45) is -0.611. The van der Waals surface area contributed by atoms with Crippen LogP contribution < -0.4 is 0 Å². The van der Waals surface area contributed by atoms with Crippen molar-refractivity contribution >= 4 is 21.9 Å². The van der Waals surface area contributed by atoms with E-state index in [0.29, 0.717) is 11.3 Å². The van der Waals surface area contributed by atoms with Crippen molar-refractivity contribution in [1.29, 1.82) is 0 Å². The standard InChI is InChI=1S/C26H18BrFN2O2/c1-16-24(18-7-11-19(27)12-8-18)25(32-26(16)31)22-15-23(17-9-13-20(28)14-10-17)30(29-22)21-5-3-2-4-6-21/h2-15,24-25H,1H2. The molecule has 0 saturated carbocycles. The summed E-state index contributed by atoms with van der Waals surface area (Å²) in [7, 11) is 0. The zero-order valence-corrected chi connectivity index (χ0v) is 18.5. The third-order valence-electron chi connectivity index (χ3n) is 5.56. The highest BCUT2D eigenvalue weighted by molar-refractivity contribution is 9.10. The number of cyclic esters (lactones) is 1. The Morgan fingerprint density at radius 2 is 1.66 bits per heavy atom. The lowest BCUT2D eigenvalue weighted by Crippen LogP contribution is -2.08. The number of esters is 1. The third kappa shape index (κ3) is 3.67. The average molecular weight is 489 g/mol. The fourth-order valence-electron chi connectivity index (χ4n) is 3.98. The second kappa shape index (κ2) is 8.20. The molecule has 5 rings (SSSR count). The SMILES string of the molecule is C=C1C(=O)OC(c2cc(-c3ccc(F)cc3)n(-c3ccccc3)n2)C1c1ccc(Br)cc1. The quantitative estimate of drug-likeness (QED) is 0.247. The molecule has 6 heteroatoms. The minimum atomic E-state index is -0.611. The molecule has 32 heavy (non-hydrogen) atoms. The Morgan fingerprint density at radius 1 is 0.969 bits per heavy atom. The van der Waals surface area contributed by atoms with E-state index in [2.05, 4.69) is 22.5 Å². The molecule has 1 aliphatic heterocycles. The van der Waals surface area contributed by atoms with Gasteiger partial charge in [0.15, 0.2) is 6.10 Å². The van der Waals surface area contributed by atoms with Crippen LogP contribution in [0.3, 0.4) is 0 Å². The lowest BCUT2D eigenvalue weighted by molar-refractivity contribution is -0.139. The summed E-state index contributed by atoms with van der Waals surface area (Å²) in [6, 6.07) is 25.5. The summed E-state index contributed by atoms with van der Waals surface area (Å²) >= 11 is 3.45. The first-order chi connectivity index (χ1) is 15.5. The monoisotopic (exact) mass is 488 g/mol. The van der Waals surface area contributed by atoms with Crippen molar-refractivity contribution < 1.29 is 13.9 Å². The van der Waals surface area contributed by atoms with Crippen molar-refractivity contribution in [3.8, 4) is 16.9 Å². The maximum Gasteiger partial charge on any atom is 0.334 e. The largest absolute Gasteiger partial charge is 0.451 e. The van der Waals surface area contributed by atoms with Crippen molar-refractivity contribution in [2.75, 3.05) is 0 Å². The first-order valence-electron chi connectivity index (χ1n) is 10.1. The summed E-state index contributed by atoms with van der Waals surface area (Å²) in [5, 5.41) is 4.82. The number of carbonyl (C=O) groups is 1. The van der Waals surface area contributed by atoms with Crippen LogP contribution in [0.15, 0.2) is 102 Å². The summed E-state index contributed by atoms with van der Waals surface area (Å²) in [5.41, 5.74) is 4.35. The van der Waals surface area contributed by atoms with Crippen LogP contribution in [0.5, 0.6) is 0 Å². The summed E-state index contributed by atoms with van der Waals surface area (Å²) in [5.74, 6) is -1.09. The van der Waals surface area contributed by atoms with Gasteiger partial charge in [0, 0.05) is 15.6 Å². The number of carbonyl (C=O) groups excluding carboxylic acids is 1. The molecule has 2 atom stereocenters. The van der Waals surface area contributed by atoms with Gasteiger partial charge in [-0.15, -0.1) is 0 Å². The molecule has 4 aromatic rings. The number of aromatic nitrogens is 2. The lowest BCUT2D eigenvalue weighted by atomic mass is 9.88. The Morgan fingerprint density at radius 3 is 2.34 bits per heavy atom. The molecule has 2 unspecified atom stereocenters. The Hall–Kier alpha value is -3.51. The molecule has 2 heterocycles. The second-order valence-electron chi connectivity index (χ2n) is 7.59. The van der Waals surface area contributed by atoms with Crippen molar-refractivity contribution in [3.63, 3.8) is 0 Å². The van der Waals surface area contributed by atoms with E-state index in [1.54, 1.807) is 16.8 Å². The minimum absolute atomic E-state index is 0.309. The summed E-state index contributed by atoms with van der Waals surface area (Å²) in [6.45, 7) is 3.98. The zero-order chi connectivity index (χ0) is 22.2. The molecule has 158 valence electrons. The summed E-state index contributed by atoms with van der Waals surface area (Å²) in [4.78, 5) is 12.5. The average Bonchev–Trinajstić information content (AvgIpc) is 3.37. The predicted octanol–water partition coefficient (Wildman–Crippen LogP) is 6.38. The number of halogens is 2. The number of para-hydroxylation sites is 1. The molecule has 3 aromatic carbocycles. The van der Waals surface area contributed by atoms with E-state index < -0.39 is 12.1 Å². The predicted molar refractivity (Wildman–Crippen MR) is 124 cm³/mol. The molecule has 0 radical (unpaired) electrons. The van der Waals surface area contributed by atoms with E-state index in [9.17, 15) is 9.18 Å². The number of nitrogens with zero attached hydrogens (tertiary/aromatic N) is 2. The fraction of sp³-hybridized carbons (Fsp3) is 0.0769. The molecular weight excluding hydrogens is 471 g/mol. The van der Waals surface area contributed by atoms with Gasteiger partial charge in [-0.2, -0.15) is 5.10 Å². The van der Waals surface area contributed by atoms with Crippen LogP contribution >= 0.6 is 15.9 Å². The van der Waals surface area contributed by atoms with Gasteiger partial charge in [0.25, 0.3) is 0 Å². The van der Waals surface area contributed by atoms with Gasteiger partial charge in [-0.1, -0.05) is 52.8 Å². The van der Waals surface area contributed by atoms with E-state index in [0.717, 1.165) is 27.0 Å². The maximum atomic E-state index is 13.5.